The quantitative estimate of drug-likeness (QED) is 0.815. The van der Waals surface area contributed by atoms with E-state index in [1.54, 1.807) is 29.2 Å². The van der Waals surface area contributed by atoms with Gasteiger partial charge in [-0.15, -0.1) is 0 Å². The molecule has 7 nitrogen and oxygen atoms in total. The Labute approximate surface area is 169 Å². The lowest BCUT2D eigenvalue weighted by Gasteiger charge is -2.26. The molecule has 2 aromatic rings. The van der Waals surface area contributed by atoms with Crippen molar-refractivity contribution in [3.8, 4) is 5.75 Å². The maximum Gasteiger partial charge on any atom is 0.251 e. The van der Waals surface area contributed by atoms with E-state index in [9.17, 15) is 14.4 Å². The van der Waals surface area contributed by atoms with Gasteiger partial charge < -0.3 is 20.3 Å². The van der Waals surface area contributed by atoms with Gasteiger partial charge in [0.1, 0.15) is 5.75 Å². The van der Waals surface area contributed by atoms with Crippen molar-refractivity contribution in [3.05, 3.63) is 59.7 Å². The fourth-order valence-electron chi connectivity index (χ4n) is 3.71. The maximum atomic E-state index is 12.3. The van der Waals surface area contributed by atoms with Crippen LogP contribution < -0.4 is 20.3 Å². The fourth-order valence-corrected chi connectivity index (χ4v) is 3.71. The number of fused-ring (bicyclic) bond motifs is 1. The summed E-state index contributed by atoms with van der Waals surface area (Å²) < 4.78 is 5.60. The fraction of sp³-hybridized carbons (Fsp3) is 0.318. The minimum atomic E-state index is -0.327. The zero-order valence-electron chi connectivity index (χ0n) is 16.0. The zero-order valence-corrected chi connectivity index (χ0v) is 16.0. The molecule has 2 aliphatic heterocycles. The highest BCUT2D eigenvalue weighted by Crippen LogP contribution is 2.31. The Morgan fingerprint density at radius 2 is 1.90 bits per heavy atom. The van der Waals surface area contributed by atoms with Crippen LogP contribution in [0.2, 0.25) is 0 Å². The summed E-state index contributed by atoms with van der Waals surface area (Å²) in [6.07, 6.45) is 2.11. The second-order valence-electron chi connectivity index (χ2n) is 7.17. The van der Waals surface area contributed by atoms with Crippen LogP contribution in [0.25, 0.3) is 0 Å². The number of ether oxygens (including phenoxy) is 1. The van der Waals surface area contributed by atoms with Crippen LogP contribution in [0, 0.1) is 0 Å². The van der Waals surface area contributed by atoms with Gasteiger partial charge in [-0.3, -0.25) is 14.4 Å². The first kappa shape index (κ1) is 19.0. The van der Waals surface area contributed by atoms with Gasteiger partial charge in [-0.1, -0.05) is 18.2 Å². The summed E-state index contributed by atoms with van der Waals surface area (Å²) in [5.74, 6) is 0.310. The van der Waals surface area contributed by atoms with Crippen molar-refractivity contribution in [3.63, 3.8) is 0 Å². The molecule has 3 amide bonds. The Hall–Kier alpha value is -3.35. The number of carbonyl (C=O) groups excluding carboxylic acids is 3. The van der Waals surface area contributed by atoms with Crippen LogP contribution in [-0.2, 0) is 9.59 Å². The first-order chi connectivity index (χ1) is 14.1. The zero-order chi connectivity index (χ0) is 20.2. The lowest BCUT2D eigenvalue weighted by Crippen LogP contribution is -2.40. The molecule has 1 fully saturated rings. The second-order valence-corrected chi connectivity index (χ2v) is 7.17. The molecule has 2 heterocycles. The molecule has 150 valence electrons. The molecule has 1 atom stereocenters. The van der Waals surface area contributed by atoms with Crippen molar-refractivity contribution in [2.45, 2.75) is 25.3 Å². The van der Waals surface area contributed by atoms with Gasteiger partial charge in [-0.25, -0.2) is 0 Å². The molecule has 0 unspecified atom stereocenters. The average Bonchev–Trinajstić information content (AvgIpc) is 3.18. The van der Waals surface area contributed by atoms with Gasteiger partial charge in [0.25, 0.3) is 5.91 Å². The van der Waals surface area contributed by atoms with Gasteiger partial charge in [0.05, 0.1) is 19.2 Å². The van der Waals surface area contributed by atoms with Crippen molar-refractivity contribution < 1.29 is 19.1 Å². The SMILES string of the molecule is O=C(CNC(=O)c1ccc(N2CCCC2=O)cc1)N[C@@H]1CCOc2ccccc21. The number of nitrogens with zero attached hydrogens (tertiary/aromatic N) is 1. The van der Waals surface area contributed by atoms with Crippen LogP contribution in [0.4, 0.5) is 5.69 Å². The highest BCUT2D eigenvalue weighted by Gasteiger charge is 2.23. The van der Waals surface area contributed by atoms with E-state index >= 15 is 0 Å². The monoisotopic (exact) mass is 393 g/mol. The van der Waals surface area contributed by atoms with E-state index in [2.05, 4.69) is 10.6 Å². The molecule has 4 rings (SSSR count). The van der Waals surface area contributed by atoms with Gasteiger partial charge in [0.2, 0.25) is 11.8 Å². The Balaban J connectivity index is 1.30. The van der Waals surface area contributed by atoms with Crippen molar-refractivity contribution in [1.82, 2.24) is 10.6 Å². The van der Waals surface area contributed by atoms with E-state index in [0.29, 0.717) is 31.6 Å². The van der Waals surface area contributed by atoms with Gasteiger partial charge in [-0.05, 0) is 36.8 Å². The highest BCUT2D eigenvalue weighted by molar-refractivity contribution is 5.98. The minimum Gasteiger partial charge on any atom is -0.493 e. The molecule has 0 aromatic heterocycles. The Morgan fingerprint density at radius 1 is 1.10 bits per heavy atom. The Bertz CT molecular complexity index is 926. The van der Waals surface area contributed by atoms with Gasteiger partial charge in [0.15, 0.2) is 0 Å². The summed E-state index contributed by atoms with van der Waals surface area (Å²) in [6, 6.07) is 14.4. The van der Waals surface area contributed by atoms with Crippen molar-refractivity contribution in [1.29, 1.82) is 0 Å². The third-order valence-corrected chi connectivity index (χ3v) is 5.22. The van der Waals surface area contributed by atoms with Gasteiger partial charge in [-0.2, -0.15) is 0 Å². The highest BCUT2D eigenvalue weighted by atomic mass is 16.5. The number of amides is 3. The smallest absolute Gasteiger partial charge is 0.251 e. The predicted octanol–water partition coefficient (Wildman–Crippen LogP) is 2.18. The normalized spacial score (nSPS) is 18.0. The number of nitrogens with one attached hydrogen (secondary N) is 2. The molecule has 0 saturated carbocycles. The molecular weight excluding hydrogens is 370 g/mol. The summed E-state index contributed by atoms with van der Waals surface area (Å²) in [6.45, 7) is 1.14. The summed E-state index contributed by atoms with van der Waals surface area (Å²) in [7, 11) is 0. The predicted molar refractivity (Wildman–Crippen MR) is 108 cm³/mol. The molecule has 2 N–H and O–H groups in total. The Kier molecular flexibility index (Phi) is 5.46. The van der Waals surface area contributed by atoms with Crippen LogP contribution in [0.15, 0.2) is 48.5 Å². The number of rotatable bonds is 5. The van der Waals surface area contributed by atoms with E-state index < -0.39 is 0 Å². The van der Waals surface area contributed by atoms with E-state index in [-0.39, 0.29) is 30.3 Å². The number of benzene rings is 2. The van der Waals surface area contributed by atoms with Crippen molar-refractivity contribution in [2.75, 3.05) is 24.6 Å². The molecule has 0 bridgehead atoms. The lowest BCUT2D eigenvalue weighted by molar-refractivity contribution is -0.121. The molecule has 0 aliphatic carbocycles. The third-order valence-electron chi connectivity index (χ3n) is 5.22. The van der Waals surface area contributed by atoms with Gasteiger partial charge >= 0.3 is 0 Å². The number of anilines is 1. The molecule has 0 radical (unpaired) electrons. The molecule has 7 heteroatoms. The van der Waals surface area contributed by atoms with Gasteiger partial charge in [0, 0.05) is 36.2 Å². The largest absolute Gasteiger partial charge is 0.493 e. The lowest BCUT2D eigenvalue weighted by atomic mass is 10.0. The Morgan fingerprint density at radius 3 is 2.66 bits per heavy atom. The summed E-state index contributed by atoms with van der Waals surface area (Å²) in [5.41, 5.74) is 2.19. The summed E-state index contributed by atoms with van der Waals surface area (Å²) in [5, 5.41) is 5.60. The average molecular weight is 393 g/mol. The minimum absolute atomic E-state index is 0.105. The molecule has 1 saturated heterocycles. The topological polar surface area (TPSA) is 87.7 Å². The van der Waals surface area contributed by atoms with Crippen LogP contribution in [-0.4, -0.2) is 37.4 Å². The third kappa shape index (κ3) is 4.23. The molecule has 2 aliphatic rings. The van der Waals surface area contributed by atoms with E-state index in [1.807, 2.05) is 24.3 Å². The maximum absolute atomic E-state index is 12.3. The van der Waals surface area contributed by atoms with Crippen LogP contribution >= 0.6 is 0 Å². The molecule has 29 heavy (non-hydrogen) atoms. The van der Waals surface area contributed by atoms with E-state index in [4.69, 9.17) is 4.74 Å². The number of para-hydroxylation sites is 1. The van der Waals surface area contributed by atoms with Crippen LogP contribution in [0.3, 0.4) is 0 Å². The van der Waals surface area contributed by atoms with E-state index in [1.165, 1.54) is 0 Å². The first-order valence-corrected chi connectivity index (χ1v) is 9.81. The molecule has 2 aromatic carbocycles. The first-order valence-electron chi connectivity index (χ1n) is 9.81. The molecule has 0 spiro atoms. The standard InChI is InChI=1S/C22H23N3O4/c26-20(24-18-11-13-29-19-5-2-1-4-17(18)19)14-23-22(28)15-7-9-16(10-8-15)25-12-3-6-21(25)27/h1-2,4-5,7-10,18H,3,6,11-14H2,(H,23,28)(H,24,26)/t18-/m1/s1. The number of hydrogen-bond donors (Lipinski definition) is 2. The van der Waals surface area contributed by atoms with Crippen molar-refractivity contribution in [2.24, 2.45) is 0 Å². The van der Waals surface area contributed by atoms with E-state index in [0.717, 1.165) is 23.4 Å². The van der Waals surface area contributed by atoms with Crippen LogP contribution in [0.5, 0.6) is 5.75 Å². The summed E-state index contributed by atoms with van der Waals surface area (Å²) in [4.78, 5) is 38.2. The van der Waals surface area contributed by atoms with Crippen molar-refractivity contribution >= 4 is 23.4 Å². The second kappa shape index (κ2) is 8.34. The summed E-state index contributed by atoms with van der Waals surface area (Å²) >= 11 is 0. The number of hydrogen-bond acceptors (Lipinski definition) is 4. The van der Waals surface area contributed by atoms with Crippen LogP contribution in [0.1, 0.15) is 41.2 Å². The molecular formula is C22H23N3O4. The number of carbonyl (C=O) groups is 3.